The third kappa shape index (κ3) is 3.52. The molecular weight excluding hydrogens is 324 g/mol. The van der Waals surface area contributed by atoms with Gasteiger partial charge in [0.1, 0.15) is 11.8 Å². The second-order valence-electron chi connectivity index (χ2n) is 5.88. The van der Waals surface area contributed by atoms with Crippen LogP contribution in [-0.2, 0) is 16.1 Å². The van der Waals surface area contributed by atoms with E-state index in [1.54, 1.807) is 32.2 Å². The summed E-state index contributed by atoms with van der Waals surface area (Å²) in [6, 6.07) is 10.1. The second kappa shape index (κ2) is 6.76. The molecule has 0 spiro atoms. The monoisotopic (exact) mass is 342 g/mol. The molecule has 1 aromatic heterocycles. The van der Waals surface area contributed by atoms with Crippen molar-refractivity contribution in [1.82, 2.24) is 10.1 Å². The number of aromatic nitrogens is 1. The molecule has 1 amide bonds. The topological polar surface area (TPSA) is 99.2 Å². The van der Waals surface area contributed by atoms with E-state index in [0.717, 1.165) is 5.69 Å². The van der Waals surface area contributed by atoms with Gasteiger partial charge in [-0.3, -0.25) is 9.80 Å². The van der Waals surface area contributed by atoms with Gasteiger partial charge in [0.15, 0.2) is 5.76 Å². The quantitative estimate of drug-likeness (QED) is 0.887. The summed E-state index contributed by atoms with van der Waals surface area (Å²) >= 11 is 0. The summed E-state index contributed by atoms with van der Waals surface area (Å²) in [4.78, 5) is 25.7. The van der Waals surface area contributed by atoms with Gasteiger partial charge < -0.3 is 14.5 Å². The molecule has 1 aliphatic rings. The van der Waals surface area contributed by atoms with E-state index in [9.17, 15) is 14.7 Å². The number of para-hydroxylation sites is 1. The van der Waals surface area contributed by atoms with E-state index >= 15 is 0 Å². The Kier molecular flexibility index (Phi) is 4.51. The fourth-order valence-corrected chi connectivity index (χ4v) is 2.71. The second-order valence-corrected chi connectivity index (χ2v) is 5.88. The predicted octanol–water partition coefficient (Wildman–Crippen LogP) is 1.66. The first-order valence-electron chi connectivity index (χ1n) is 7.78. The highest BCUT2D eigenvalue weighted by molar-refractivity contribution is 6.37. The maximum atomic E-state index is 12.9. The van der Waals surface area contributed by atoms with Gasteiger partial charge in [0, 0.05) is 19.5 Å². The SMILES string of the molecule is Cc1cc(CN(C)C(=O)C2CC(C(=O)O)=NN2c2ccccc2)on1. The van der Waals surface area contributed by atoms with E-state index in [1.165, 1.54) is 9.91 Å². The lowest BCUT2D eigenvalue weighted by molar-refractivity contribution is -0.131. The van der Waals surface area contributed by atoms with Gasteiger partial charge in [-0.05, 0) is 19.1 Å². The van der Waals surface area contributed by atoms with Crippen molar-refractivity contribution in [3.63, 3.8) is 0 Å². The number of carbonyl (C=O) groups excluding carboxylic acids is 1. The Hall–Kier alpha value is -3.16. The molecule has 1 unspecified atom stereocenters. The Balaban J connectivity index is 1.81. The summed E-state index contributed by atoms with van der Waals surface area (Å²) in [6.07, 6.45) is 0.0445. The predicted molar refractivity (Wildman–Crippen MR) is 90.1 cm³/mol. The van der Waals surface area contributed by atoms with Crippen LogP contribution in [0.4, 0.5) is 5.69 Å². The molecule has 1 aliphatic heterocycles. The van der Waals surface area contributed by atoms with Crippen molar-refractivity contribution in [2.75, 3.05) is 12.1 Å². The number of hydrogen-bond acceptors (Lipinski definition) is 6. The van der Waals surface area contributed by atoms with Gasteiger partial charge in [-0.1, -0.05) is 23.4 Å². The van der Waals surface area contributed by atoms with Crippen LogP contribution in [-0.4, -0.2) is 45.8 Å². The fraction of sp³-hybridized carbons (Fsp3) is 0.294. The number of aliphatic carboxylic acids is 1. The molecule has 3 rings (SSSR count). The van der Waals surface area contributed by atoms with Crippen molar-refractivity contribution < 1.29 is 19.2 Å². The number of hydrogen-bond donors (Lipinski definition) is 1. The maximum absolute atomic E-state index is 12.9. The number of carboxylic acid groups (broad SMARTS) is 1. The molecule has 1 N–H and O–H groups in total. The molecule has 0 bridgehead atoms. The van der Waals surface area contributed by atoms with Crippen LogP contribution >= 0.6 is 0 Å². The first kappa shape index (κ1) is 16.7. The smallest absolute Gasteiger partial charge is 0.352 e. The molecule has 8 nitrogen and oxygen atoms in total. The third-order valence-corrected chi connectivity index (χ3v) is 3.91. The van der Waals surface area contributed by atoms with Crippen LogP contribution < -0.4 is 5.01 Å². The Bertz CT molecular complexity index is 815. The summed E-state index contributed by atoms with van der Waals surface area (Å²) in [5, 5.41) is 18.6. The van der Waals surface area contributed by atoms with Crippen molar-refractivity contribution in [2.45, 2.75) is 25.9 Å². The van der Waals surface area contributed by atoms with Crippen molar-refractivity contribution in [2.24, 2.45) is 5.10 Å². The Morgan fingerprint density at radius 3 is 2.68 bits per heavy atom. The molecule has 0 aliphatic carbocycles. The molecule has 0 saturated carbocycles. The average molecular weight is 342 g/mol. The van der Waals surface area contributed by atoms with Gasteiger partial charge in [-0.2, -0.15) is 5.10 Å². The van der Waals surface area contributed by atoms with Crippen molar-refractivity contribution >= 4 is 23.3 Å². The molecule has 1 aromatic carbocycles. The average Bonchev–Trinajstić information content (AvgIpc) is 3.21. The lowest BCUT2D eigenvalue weighted by Crippen LogP contribution is -2.43. The summed E-state index contributed by atoms with van der Waals surface area (Å²) in [5.74, 6) is -0.792. The fourth-order valence-electron chi connectivity index (χ4n) is 2.71. The summed E-state index contributed by atoms with van der Waals surface area (Å²) in [6.45, 7) is 2.05. The van der Waals surface area contributed by atoms with Gasteiger partial charge in [-0.25, -0.2) is 4.79 Å². The van der Waals surface area contributed by atoms with Crippen LogP contribution in [0.25, 0.3) is 0 Å². The number of rotatable bonds is 5. The number of aryl methyl sites for hydroxylation is 1. The van der Waals surface area contributed by atoms with E-state index < -0.39 is 12.0 Å². The molecule has 0 radical (unpaired) electrons. The Labute approximate surface area is 144 Å². The highest BCUT2D eigenvalue weighted by atomic mass is 16.5. The molecule has 130 valence electrons. The minimum Gasteiger partial charge on any atom is -0.477 e. The first-order valence-corrected chi connectivity index (χ1v) is 7.78. The number of hydrazone groups is 1. The largest absolute Gasteiger partial charge is 0.477 e. The van der Waals surface area contributed by atoms with Crippen LogP contribution in [0.15, 0.2) is 46.0 Å². The summed E-state index contributed by atoms with van der Waals surface area (Å²) in [5.41, 5.74) is 1.37. The number of amides is 1. The van der Waals surface area contributed by atoms with Gasteiger partial charge in [0.05, 0.1) is 17.9 Å². The van der Waals surface area contributed by atoms with Crippen LogP contribution in [0, 0.1) is 6.92 Å². The van der Waals surface area contributed by atoms with Crippen LogP contribution in [0.3, 0.4) is 0 Å². The third-order valence-electron chi connectivity index (χ3n) is 3.91. The Morgan fingerprint density at radius 1 is 1.36 bits per heavy atom. The van der Waals surface area contributed by atoms with Crippen LogP contribution in [0.5, 0.6) is 0 Å². The number of carbonyl (C=O) groups is 2. The minimum absolute atomic E-state index is 0.0360. The molecule has 1 atom stereocenters. The van der Waals surface area contributed by atoms with Crippen molar-refractivity contribution in [3.8, 4) is 0 Å². The molecule has 0 fully saturated rings. The van der Waals surface area contributed by atoms with Crippen molar-refractivity contribution in [3.05, 3.63) is 47.9 Å². The van der Waals surface area contributed by atoms with Gasteiger partial charge >= 0.3 is 5.97 Å². The zero-order valence-electron chi connectivity index (χ0n) is 13.9. The summed E-state index contributed by atoms with van der Waals surface area (Å²) < 4.78 is 5.14. The van der Waals surface area contributed by atoms with Gasteiger partial charge in [0.2, 0.25) is 5.91 Å². The molecule has 2 heterocycles. The molecular formula is C17H18N4O4. The molecule has 0 saturated heterocycles. The van der Waals surface area contributed by atoms with Gasteiger partial charge in [-0.15, -0.1) is 0 Å². The number of anilines is 1. The Morgan fingerprint density at radius 2 is 2.08 bits per heavy atom. The number of benzene rings is 1. The lowest BCUT2D eigenvalue weighted by atomic mass is 10.1. The number of carboxylic acids is 1. The van der Waals surface area contributed by atoms with E-state index in [4.69, 9.17) is 4.52 Å². The number of likely N-dealkylation sites (N-methyl/N-ethyl adjacent to an activating group) is 1. The zero-order valence-corrected chi connectivity index (χ0v) is 13.9. The van der Waals surface area contributed by atoms with Crippen molar-refractivity contribution in [1.29, 1.82) is 0 Å². The summed E-state index contributed by atoms with van der Waals surface area (Å²) in [7, 11) is 1.64. The lowest BCUT2D eigenvalue weighted by Gasteiger charge is -2.26. The van der Waals surface area contributed by atoms with Crippen LogP contribution in [0.1, 0.15) is 17.9 Å². The van der Waals surface area contributed by atoms with E-state index in [-0.39, 0.29) is 24.6 Å². The first-order chi connectivity index (χ1) is 12.0. The highest BCUT2D eigenvalue weighted by Crippen LogP contribution is 2.26. The molecule has 8 heteroatoms. The number of nitrogens with zero attached hydrogens (tertiary/aromatic N) is 4. The van der Waals surface area contributed by atoms with Gasteiger partial charge in [0.25, 0.3) is 0 Å². The van der Waals surface area contributed by atoms with E-state index in [0.29, 0.717) is 11.4 Å². The molecule has 2 aromatic rings. The normalized spacial score (nSPS) is 16.6. The highest BCUT2D eigenvalue weighted by Gasteiger charge is 2.37. The van der Waals surface area contributed by atoms with E-state index in [1.807, 2.05) is 18.2 Å². The maximum Gasteiger partial charge on any atom is 0.352 e. The standard InChI is InChI=1S/C17H18N4O4/c1-11-8-13(25-19-11)10-20(2)16(22)15-9-14(17(23)24)18-21(15)12-6-4-3-5-7-12/h3-8,15H,9-10H2,1-2H3,(H,23,24). The zero-order chi connectivity index (χ0) is 18.0. The van der Waals surface area contributed by atoms with E-state index in [2.05, 4.69) is 10.3 Å². The minimum atomic E-state index is -1.12. The van der Waals surface area contributed by atoms with Crippen LogP contribution in [0.2, 0.25) is 0 Å². The molecule has 25 heavy (non-hydrogen) atoms.